The average molecular weight is 588 g/mol. The molecule has 2 heterocycles. The van der Waals surface area contributed by atoms with Gasteiger partial charge < -0.3 is 20.7 Å². The number of nitrogens with one attached hydrogen (secondary N) is 3. The second-order valence-electron chi connectivity index (χ2n) is 11.5. The Morgan fingerprint density at radius 3 is 2.38 bits per heavy atom. The minimum absolute atomic E-state index is 0.159. The molecular formula is C32H37N5O4S. The molecule has 9 nitrogen and oxygen atoms in total. The lowest BCUT2D eigenvalue weighted by atomic mass is 9.94. The van der Waals surface area contributed by atoms with Crippen molar-refractivity contribution in [3.63, 3.8) is 0 Å². The summed E-state index contributed by atoms with van der Waals surface area (Å²) >= 11 is 1.14. The summed E-state index contributed by atoms with van der Waals surface area (Å²) in [5.41, 5.74) is 1.85. The van der Waals surface area contributed by atoms with E-state index in [1.54, 1.807) is 18.2 Å². The maximum Gasteiger partial charge on any atom is 0.436 e. The fourth-order valence-corrected chi connectivity index (χ4v) is 5.98. The first-order chi connectivity index (χ1) is 20.1. The van der Waals surface area contributed by atoms with Crippen molar-refractivity contribution in [2.45, 2.75) is 77.6 Å². The molecule has 0 unspecified atom stereocenters. The van der Waals surface area contributed by atoms with Gasteiger partial charge in [-0.05, 0) is 68.9 Å². The number of hydrogen-bond donors (Lipinski definition) is 3. The minimum Gasteiger partial charge on any atom is -0.445 e. The molecule has 1 saturated carbocycles. The Labute approximate surface area is 249 Å². The van der Waals surface area contributed by atoms with Crippen molar-refractivity contribution >= 4 is 45.3 Å². The third-order valence-corrected chi connectivity index (χ3v) is 8.52. The monoisotopic (exact) mass is 587 g/mol. The van der Waals surface area contributed by atoms with E-state index in [1.165, 1.54) is 0 Å². The van der Waals surface area contributed by atoms with Crippen molar-refractivity contribution in [3.05, 3.63) is 82.2 Å². The molecule has 0 radical (unpaired) electrons. The molecule has 2 amide bonds. The molecule has 1 aliphatic carbocycles. The SMILES string of the molecule is CC(C)NCc1ccc(C(=O)Nc2nn(C(=O)OC3CCCC3)c3sc(C(=O)NC(C)(C)c4ccccc4)cc23)cc1. The van der Waals surface area contributed by atoms with Gasteiger partial charge in [0.15, 0.2) is 5.82 Å². The number of carbonyl (C=O) groups excluding carboxylic acids is 3. The highest BCUT2D eigenvalue weighted by molar-refractivity contribution is 7.20. The number of rotatable bonds is 9. The van der Waals surface area contributed by atoms with Crippen LogP contribution in [0.2, 0.25) is 0 Å². The second-order valence-corrected chi connectivity index (χ2v) is 12.5. The van der Waals surface area contributed by atoms with Crippen LogP contribution >= 0.6 is 11.3 Å². The topological polar surface area (TPSA) is 114 Å². The number of ether oxygens (including phenoxy) is 1. The van der Waals surface area contributed by atoms with Gasteiger partial charge in [0.1, 0.15) is 10.9 Å². The van der Waals surface area contributed by atoms with Crippen LogP contribution in [-0.4, -0.2) is 39.8 Å². The van der Waals surface area contributed by atoms with Crippen LogP contribution in [0.5, 0.6) is 0 Å². The van der Waals surface area contributed by atoms with Gasteiger partial charge in [0.25, 0.3) is 11.8 Å². The minimum atomic E-state index is -0.629. The molecule has 10 heteroatoms. The van der Waals surface area contributed by atoms with Gasteiger partial charge in [-0.2, -0.15) is 4.68 Å². The predicted molar refractivity (Wildman–Crippen MR) is 165 cm³/mol. The van der Waals surface area contributed by atoms with Gasteiger partial charge in [0, 0.05) is 18.2 Å². The van der Waals surface area contributed by atoms with Gasteiger partial charge >= 0.3 is 6.09 Å². The van der Waals surface area contributed by atoms with E-state index in [1.807, 2.05) is 56.3 Å². The molecule has 42 heavy (non-hydrogen) atoms. The predicted octanol–water partition coefficient (Wildman–Crippen LogP) is 6.44. The van der Waals surface area contributed by atoms with Crippen LogP contribution < -0.4 is 16.0 Å². The molecule has 0 atom stereocenters. The molecule has 1 fully saturated rings. The lowest BCUT2D eigenvalue weighted by Gasteiger charge is -2.26. The number of carbonyl (C=O) groups is 3. The lowest BCUT2D eigenvalue weighted by molar-refractivity contribution is 0.0915. The van der Waals surface area contributed by atoms with E-state index in [9.17, 15) is 14.4 Å². The summed E-state index contributed by atoms with van der Waals surface area (Å²) in [6.45, 7) is 8.73. The van der Waals surface area contributed by atoms with Crippen LogP contribution in [0.3, 0.4) is 0 Å². The second kappa shape index (κ2) is 12.5. The van der Waals surface area contributed by atoms with Gasteiger partial charge in [0.05, 0.1) is 15.8 Å². The maximum atomic E-state index is 13.4. The van der Waals surface area contributed by atoms with Crippen molar-refractivity contribution in [2.24, 2.45) is 0 Å². The molecule has 0 aliphatic heterocycles. The zero-order valence-electron chi connectivity index (χ0n) is 24.4. The normalized spacial score (nSPS) is 13.9. The van der Waals surface area contributed by atoms with Gasteiger partial charge in [-0.1, -0.05) is 56.3 Å². The molecular weight excluding hydrogens is 550 g/mol. The van der Waals surface area contributed by atoms with Crippen LogP contribution in [0.25, 0.3) is 10.2 Å². The first kappa shape index (κ1) is 29.5. The molecule has 2 aromatic heterocycles. The fourth-order valence-electron chi connectivity index (χ4n) is 4.98. The Morgan fingerprint density at radius 2 is 1.71 bits per heavy atom. The van der Waals surface area contributed by atoms with E-state index >= 15 is 0 Å². The van der Waals surface area contributed by atoms with Crippen LogP contribution in [-0.2, 0) is 16.8 Å². The Balaban J connectivity index is 1.41. The van der Waals surface area contributed by atoms with E-state index in [0.29, 0.717) is 33.2 Å². The molecule has 2 aromatic carbocycles. The Morgan fingerprint density at radius 1 is 1.02 bits per heavy atom. The van der Waals surface area contributed by atoms with E-state index in [4.69, 9.17) is 4.74 Å². The highest BCUT2D eigenvalue weighted by Gasteiger charge is 2.28. The van der Waals surface area contributed by atoms with Crippen molar-refractivity contribution < 1.29 is 19.1 Å². The molecule has 0 spiro atoms. The first-order valence-corrected chi connectivity index (χ1v) is 15.2. The number of aromatic nitrogens is 2. The van der Waals surface area contributed by atoms with E-state index in [-0.39, 0.29) is 23.7 Å². The molecule has 0 bridgehead atoms. The van der Waals surface area contributed by atoms with Crippen molar-refractivity contribution in [2.75, 3.05) is 5.32 Å². The van der Waals surface area contributed by atoms with Crippen LogP contribution in [0.15, 0.2) is 60.7 Å². The van der Waals surface area contributed by atoms with Gasteiger partial charge in [-0.25, -0.2) is 4.79 Å². The molecule has 220 valence electrons. The molecule has 0 saturated heterocycles. The fraction of sp³-hybridized carbons (Fsp3) is 0.375. The van der Waals surface area contributed by atoms with Crippen LogP contribution in [0.1, 0.15) is 84.5 Å². The Hall–Kier alpha value is -4.02. The van der Waals surface area contributed by atoms with E-state index in [0.717, 1.165) is 52.8 Å². The van der Waals surface area contributed by atoms with Crippen molar-refractivity contribution in [3.8, 4) is 0 Å². The lowest BCUT2D eigenvalue weighted by Crippen LogP contribution is -2.40. The number of benzene rings is 2. The van der Waals surface area contributed by atoms with Crippen molar-refractivity contribution in [1.82, 2.24) is 20.4 Å². The number of hydrogen-bond acceptors (Lipinski definition) is 7. The Bertz CT molecular complexity index is 1570. The Kier molecular flexibility index (Phi) is 8.74. The summed E-state index contributed by atoms with van der Waals surface area (Å²) in [5, 5.41) is 14.2. The number of anilines is 1. The van der Waals surface area contributed by atoms with Gasteiger partial charge in [0.2, 0.25) is 0 Å². The molecule has 4 aromatic rings. The quantitative estimate of drug-likeness (QED) is 0.208. The molecule has 5 rings (SSSR count). The molecule has 1 aliphatic rings. The summed E-state index contributed by atoms with van der Waals surface area (Å²) in [7, 11) is 0. The number of amides is 2. The van der Waals surface area contributed by atoms with E-state index < -0.39 is 11.6 Å². The first-order valence-electron chi connectivity index (χ1n) is 14.4. The summed E-state index contributed by atoms with van der Waals surface area (Å²) in [4.78, 5) is 40.6. The molecule has 3 N–H and O–H groups in total. The summed E-state index contributed by atoms with van der Waals surface area (Å²) in [5.74, 6) is -0.457. The number of fused-ring (bicyclic) bond motifs is 1. The standard InChI is InChI=1S/C32H37N5O4S/c1-20(2)33-19-21-14-16-22(17-15-21)28(38)34-27-25-18-26(29(39)35-32(3,4)23-10-6-5-7-11-23)42-30(25)37(36-27)31(40)41-24-12-8-9-13-24/h5-7,10-11,14-18,20,24,33H,8-9,12-13,19H2,1-4H3,(H,35,39)(H,34,36,38). The van der Waals surface area contributed by atoms with Crippen molar-refractivity contribution in [1.29, 1.82) is 0 Å². The summed E-state index contributed by atoms with van der Waals surface area (Å²) < 4.78 is 6.88. The van der Waals surface area contributed by atoms with E-state index in [2.05, 4.69) is 34.9 Å². The highest BCUT2D eigenvalue weighted by atomic mass is 32.1. The van der Waals surface area contributed by atoms with Crippen LogP contribution in [0.4, 0.5) is 10.6 Å². The zero-order valence-corrected chi connectivity index (χ0v) is 25.2. The number of thiophene rings is 1. The third kappa shape index (κ3) is 6.71. The van der Waals surface area contributed by atoms with Crippen LogP contribution in [0, 0.1) is 0 Å². The number of nitrogens with zero attached hydrogens (tertiary/aromatic N) is 2. The smallest absolute Gasteiger partial charge is 0.436 e. The summed E-state index contributed by atoms with van der Waals surface area (Å²) in [6, 6.07) is 19.0. The van der Waals surface area contributed by atoms with Gasteiger partial charge in [-0.3, -0.25) is 9.59 Å². The summed E-state index contributed by atoms with van der Waals surface area (Å²) in [6.07, 6.45) is 2.88. The third-order valence-electron chi connectivity index (χ3n) is 7.41. The van der Waals surface area contributed by atoms with Gasteiger partial charge in [-0.15, -0.1) is 16.4 Å². The largest absolute Gasteiger partial charge is 0.445 e. The average Bonchev–Trinajstić information content (AvgIpc) is 3.71. The zero-order chi connectivity index (χ0) is 29.9. The highest BCUT2D eigenvalue weighted by Crippen LogP contribution is 2.33. The maximum absolute atomic E-state index is 13.4.